The van der Waals surface area contributed by atoms with Gasteiger partial charge in [0.2, 0.25) is 5.89 Å². The van der Waals surface area contributed by atoms with Crippen LogP contribution in [0.1, 0.15) is 33.9 Å². The van der Waals surface area contributed by atoms with Crippen LogP contribution in [0.15, 0.2) is 41.2 Å². The van der Waals surface area contributed by atoms with Gasteiger partial charge in [0.15, 0.2) is 11.6 Å². The molecule has 8 heteroatoms. The van der Waals surface area contributed by atoms with Crippen LogP contribution in [-0.4, -0.2) is 25.6 Å². The molecule has 0 radical (unpaired) electrons. The second-order valence-electron chi connectivity index (χ2n) is 4.96. The van der Waals surface area contributed by atoms with Crippen molar-refractivity contribution in [2.75, 3.05) is 0 Å². The fourth-order valence-electron chi connectivity index (χ4n) is 2.20. The molecule has 2 aromatic heterocycles. The number of aromatic nitrogens is 4. The molecule has 0 aliphatic carbocycles. The molecular formula is C15H14FN5O2. The van der Waals surface area contributed by atoms with Crippen LogP contribution < -0.4 is 5.32 Å². The number of aryl methyl sites for hydroxylation is 2. The third-order valence-corrected chi connectivity index (χ3v) is 3.32. The van der Waals surface area contributed by atoms with Crippen LogP contribution in [-0.2, 0) is 7.05 Å². The Morgan fingerprint density at radius 1 is 1.39 bits per heavy atom. The van der Waals surface area contributed by atoms with Crippen molar-refractivity contribution >= 4 is 5.91 Å². The largest absolute Gasteiger partial charge is 0.340 e. The van der Waals surface area contributed by atoms with Crippen molar-refractivity contribution in [3.63, 3.8) is 0 Å². The molecule has 0 saturated heterocycles. The minimum absolute atomic E-state index is 0.176. The van der Waals surface area contributed by atoms with Crippen molar-refractivity contribution in [1.29, 1.82) is 0 Å². The molecule has 1 N–H and O–H groups in total. The maximum Gasteiger partial charge on any atom is 0.288 e. The summed E-state index contributed by atoms with van der Waals surface area (Å²) >= 11 is 0. The van der Waals surface area contributed by atoms with Crippen LogP contribution >= 0.6 is 0 Å². The number of hydrogen-bond donors (Lipinski definition) is 1. The molecule has 0 bridgehead atoms. The lowest BCUT2D eigenvalue weighted by atomic mass is 10.1. The fourth-order valence-corrected chi connectivity index (χ4v) is 2.20. The first-order valence-electron chi connectivity index (χ1n) is 6.89. The van der Waals surface area contributed by atoms with Crippen LogP contribution in [0.5, 0.6) is 0 Å². The van der Waals surface area contributed by atoms with Gasteiger partial charge in [-0.05, 0) is 6.07 Å². The van der Waals surface area contributed by atoms with Gasteiger partial charge in [-0.25, -0.2) is 9.37 Å². The van der Waals surface area contributed by atoms with Crippen molar-refractivity contribution < 1.29 is 13.7 Å². The zero-order valence-corrected chi connectivity index (χ0v) is 12.5. The number of nitrogens with zero attached hydrogens (tertiary/aromatic N) is 4. The Hall–Kier alpha value is -3.03. The molecule has 0 fully saturated rings. The summed E-state index contributed by atoms with van der Waals surface area (Å²) in [5.74, 6) is -0.234. The first kappa shape index (κ1) is 14.9. The summed E-state index contributed by atoms with van der Waals surface area (Å²) in [6.07, 6.45) is 3.15. The van der Waals surface area contributed by atoms with Crippen LogP contribution in [0, 0.1) is 12.7 Å². The van der Waals surface area contributed by atoms with E-state index in [1.165, 1.54) is 12.3 Å². The topological polar surface area (TPSA) is 85.8 Å². The quantitative estimate of drug-likeness (QED) is 0.793. The lowest BCUT2D eigenvalue weighted by Crippen LogP contribution is -2.32. The van der Waals surface area contributed by atoms with Gasteiger partial charge >= 0.3 is 0 Å². The molecular weight excluding hydrogens is 301 g/mol. The van der Waals surface area contributed by atoms with Gasteiger partial charge in [0, 0.05) is 31.9 Å². The molecule has 2 heterocycles. The Labute approximate surface area is 131 Å². The zero-order chi connectivity index (χ0) is 16.4. The highest BCUT2D eigenvalue weighted by atomic mass is 19.1. The monoisotopic (exact) mass is 315 g/mol. The molecule has 0 aliphatic heterocycles. The minimum Gasteiger partial charge on any atom is -0.340 e. The number of carbonyl (C=O) groups is 1. The van der Waals surface area contributed by atoms with Crippen molar-refractivity contribution in [3.05, 3.63) is 65.6 Å². The number of imidazole rings is 1. The normalized spacial score (nSPS) is 12.1. The third-order valence-electron chi connectivity index (χ3n) is 3.32. The molecule has 3 aromatic rings. The van der Waals surface area contributed by atoms with Crippen molar-refractivity contribution in [3.8, 4) is 0 Å². The summed E-state index contributed by atoms with van der Waals surface area (Å²) in [5.41, 5.74) is 0.246. The van der Waals surface area contributed by atoms with E-state index in [9.17, 15) is 9.18 Å². The Bertz CT molecular complexity index is 842. The molecule has 23 heavy (non-hydrogen) atoms. The van der Waals surface area contributed by atoms with Gasteiger partial charge in [0.25, 0.3) is 5.91 Å². The smallest absolute Gasteiger partial charge is 0.288 e. The van der Waals surface area contributed by atoms with E-state index >= 15 is 0 Å². The standard InChI is InChI=1S/C15H14FN5O2/c1-9-18-13(20-23-9)12(10-5-3-4-6-11(10)16)19-15(22)14-17-7-8-21(14)2/h3-8,12H,1-2H3,(H,19,22). The molecule has 118 valence electrons. The number of carbonyl (C=O) groups excluding carboxylic acids is 1. The van der Waals surface area contributed by atoms with Gasteiger partial charge in [0.1, 0.15) is 11.9 Å². The van der Waals surface area contributed by atoms with Crippen molar-refractivity contribution in [1.82, 2.24) is 25.0 Å². The average molecular weight is 315 g/mol. The van der Waals surface area contributed by atoms with Crippen molar-refractivity contribution in [2.45, 2.75) is 13.0 Å². The molecule has 1 aromatic carbocycles. The highest BCUT2D eigenvalue weighted by molar-refractivity contribution is 5.91. The zero-order valence-electron chi connectivity index (χ0n) is 12.5. The number of amides is 1. The van der Waals surface area contributed by atoms with Crippen LogP contribution in [0.4, 0.5) is 4.39 Å². The Morgan fingerprint density at radius 3 is 2.78 bits per heavy atom. The van der Waals surface area contributed by atoms with E-state index in [0.29, 0.717) is 5.89 Å². The number of hydrogen-bond acceptors (Lipinski definition) is 5. The highest BCUT2D eigenvalue weighted by Gasteiger charge is 2.26. The van der Waals surface area contributed by atoms with E-state index in [1.54, 1.807) is 42.9 Å². The SMILES string of the molecule is Cc1nc(C(NC(=O)c2nccn2C)c2ccccc2F)no1. The van der Waals surface area contributed by atoms with Gasteiger partial charge in [-0.15, -0.1) is 0 Å². The van der Waals surface area contributed by atoms with Gasteiger partial charge in [-0.2, -0.15) is 4.98 Å². The van der Waals surface area contributed by atoms with Gasteiger partial charge < -0.3 is 14.4 Å². The molecule has 0 spiro atoms. The fraction of sp³-hybridized carbons (Fsp3) is 0.200. The lowest BCUT2D eigenvalue weighted by Gasteiger charge is -2.16. The van der Waals surface area contributed by atoms with Gasteiger partial charge in [-0.1, -0.05) is 23.4 Å². The molecule has 1 unspecified atom stereocenters. The van der Waals surface area contributed by atoms with Crippen LogP contribution in [0.3, 0.4) is 0 Å². The Kier molecular flexibility index (Phi) is 3.88. The predicted octanol–water partition coefficient (Wildman–Crippen LogP) is 1.77. The summed E-state index contributed by atoms with van der Waals surface area (Å²) in [6.45, 7) is 1.62. The Balaban J connectivity index is 1.98. The van der Waals surface area contributed by atoms with Gasteiger partial charge in [0.05, 0.1) is 0 Å². The van der Waals surface area contributed by atoms with Crippen LogP contribution in [0.25, 0.3) is 0 Å². The summed E-state index contributed by atoms with van der Waals surface area (Å²) in [4.78, 5) is 20.5. The number of halogens is 1. The molecule has 0 saturated carbocycles. The number of rotatable bonds is 4. The van der Waals surface area contributed by atoms with Gasteiger partial charge in [-0.3, -0.25) is 4.79 Å². The lowest BCUT2D eigenvalue weighted by molar-refractivity contribution is 0.0927. The predicted molar refractivity (Wildman–Crippen MR) is 78.0 cm³/mol. The molecule has 0 aliphatic rings. The first-order valence-corrected chi connectivity index (χ1v) is 6.89. The second-order valence-corrected chi connectivity index (χ2v) is 4.96. The third kappa shape index (κ3) is 2.96. The summed E-state index contributed by atoms with van der Waals surface area (Å²) < 4.78 is 20.7. The molecule has 1 atom stereocenters. The van der Waals surface area contributed by atoms with Crippen molar-refractivity contribution in [2.24, 2.45) is 7.05 Å². The van der Waals surface area contributed by atoms with Crippen LogP contribution in [0.2, 0.25) is 0 Å². The first-order chi connectivity index (χ1) is 11.1. The van der Waals surface area contributed by atoms with E-state index in [4.69, 9.17) is 4.52 Å². The second kappa shape index (κ2) is 5.99. The van der Waals surface area contributed by atoms with E-state index in [2.05, 4.69) is 20.4 Å². The molecule has 7 nitrogen and oxygen atoms in total. The van der Waals surface area contributed by atoms with E-state index in [0.717, 1.165) is 0 Å². The number of benzene rings is 1. The summed E-state index contributed by atoms with van der Waals surface area (Å²) in [5, 5.41) is 6.50. The van der Waals surface area contributed by atoms with E-state index in [-0.39, 0.29) is 17.2 Å². The highest BCUT2D eigenvalue weighted by Crippen LogP contribution is 2.22. The minimum atomic E-state index is -0.877. The number of nitrogens with one attached hydrogen (secondary N) is 1. The van der Waals surface area contributed by atoms with E-state index < -0.39 is 17.8 Å². The summed E-state index contributed by atoms with van der Waals surface area (Å²) in [6, 6.07) is 5.23. The maximum absolute atomic E-state index is 14.1. The molecule has 3 rings (SSSR count). The maximum atomic E-state index is 14.1. The molecule has 1 amide bonds. The summed E-state index contributed by atoms with van der Waals surface area (Å²) in [7, 11) is 1.69. The van der Waals surface area contributed by atoms with E-state index in [1.807, 2.05) is 0 Å². The Morgan fingerprint density at radius 2 is 2.17 bits per heavy atom. The average Bonchev–Trinajstić information content (AvgIpc) is 3.14.